The number of unbranched alkanes of at least 4 members (excludes halogenated alkanes) is 2. The summed E-state index contributed by atoms with van der Waals surface area (Å²) in [5, 5.41) is 0. The maximum absolute atomic E-state index is 13.5. The fraction of sp³-hybridized carbons (Fsp3) is 0.727. The van der Waals surface area contributed by atoms with Crippen molar-refractivity contribution in [2.75, 3.05) is 0 Å². The van der Waals surface area contributed by atoms with Crippen molar-refractivity contribution in [2.45, 2.75) is 88.8 Å². The summed E-state index contributed by atoms with van der Waals surface area (Å²) in [6.45, 7) is 2.30. The van der Waals surface area contributed by atoms with Crippen LogP contribution in [0.1, 0.15) is 76.2 Å². The quantitative estimate of drug-likeness (QED) is 0.374. The third kappa shape index (κ3) is 5.15. The first-order valence-corrected chi connectivity index (χ1v) is 13.1. The van der Waals surface area contributed by atoms with E-state index in [2.05, 4.69) is 6.92 Å². The first kappa shape index (κ1) is 19.1. The predicted octanol–water partition coefficient (Wildman–Crippen LogP) is 7.07. The predicted molar refractivity (Wildman–Crippen MR) is 105 cm³/mol. The largest absolute Gasteiger partial charge is 0.204 e. The van der Waals surface area contributed by atoms with Gasteiger partial charge in [-0.1, -0.05) is 63.2 Å². The molecule has 0 atom stereocenters. The molecule has 25 heavy (non-hydrogen) atoms. The summed E-state index contributed by atoms with van der Waals surface area (Å²) in [7, 11) is -0.400. The molecular weight excluding hydrogens is 330 g/mol. The van der Waals surface area contributed by atoms with Crippen LogP contribution in [-0.2, 0) is 0 Å². The van der Waals surface area contributed by atoms with Crippen LogP contribution in [-0.4, -0.2) is 8.80 Å². The maximum atomic E-state index is 13.5. The average Bonchev–Trinajstić information content (AvgIpc) is 2.65. The molecule has 0 bridgehead atoms. The van der Waals surface area contributed by atoms with Gasteiger partial charge in [-0.05, 0) is 61.1 Å². The Kier molecular flexibility index (Phi) is 7.09. The minimum atomic E-state index is -0.725. The third-order valence-corrected chi connectivity index (χ3v) is 10.5. The Bertz CT molecular complexity index is 529. The van der Waals surface area contributed by atoms with Gasteiger partial charge in [0.1, 0.15) is 0 Å². The van der Waals surface area contributed by atoms with E-state index in [1.807, 2.05) is 0 Å². The fourth-order valence-corrected chi connectivity index (χ4v) is 8.85. The van der Waals surface area contributed by atoms with Gasteiger partial charge >= 0.3 is 0 Å². The molecule has 0 spiro atoms. The van der Waals surface area contributed by atoms with E-state index in [0.717, 1.165) is 30.2 Å². The average molecular weight is 365 g/mol. The summed E-state index contributed by atoms with van der Waals surface area (Å²) in [5.41, 5.74) is 1.00. The van der Waals surface area contributed by atoms with Gasteiger partial charge < -0.3 is 0 Å². The molecule has 0 nitrogen and oxygen atoms in total. The molecule has 0 radical (unpaired) electrons. The topological polar surface area (TPSA) is 0 Å². The van der Waals surface area contributed by atoms with Gasteiger partial charge in [-0.2, -0.15) is 0 Å². The van der Waals surface area contributed by atoms with E-state index in [1.54, 1.807) is 24.2 Å². The van der Waals surface area contributed by atoms with Crippen molar-refractivity contribution in [1.29, 1.82) is 0 Å². The zero-order valence-corrected chi connectivity index (χ0v) is 16.9. The number of hydrogen-bond donors (Lipinski definition) is 0. The van der Waals surface area contributed by atoms with Crippen LogP contribution in [0.25, 0.3) is 0 Å². The second-order valence-electron chi connectivity index (χ2n) is 8.56. The Morgan fingerprint density at radius 1 is 0.880 bits per heavy atom. The molecule has 1 aromatic rings. The Morgan fingerprint density at radius 3 is 2.20 bits per heavy atom. The van der Waals surface area contributed by atoms with Crippen molar-refractivity contribution < 1.29 is 8.78 Å². The molecule has 1 saturated carbocycles. The van der Waals surface area contributed by atoms with Gasteiger partial charge in [0.2, 0.25) is 0 Å². The van der Waals surface area contributed by atoms with Crippen molar-refractivity contribution in [3.63, 3.8) is 0 Å². The molecule has 1 aliphatic carbocycles. The molecule has 2 fully saturated rings. The Morgan fingerprint density at radius 2 is 1.56 bits per heavy atom. The monoisotopic (exact) mass is 364 g/mol. The summed E-state index contributed by atoms with van der Waals surface area (Å²) in [6, 6.07) is 9.25. The lowest BCUT2D eigenvalue weighted by Gasteiger charge is -2.37. The highest BCUT2D eigenvalue weighted by atomic mass is 28.3. The highest BCUT2D eigenvalue weighted by Gasteiger charge is 2.31. The minimum Gasteiger partial charge on any atom is -0.204 e. The van der Waals surface area contributed by atoms with Crippen LogP contribution in [0.3, 0.4) is 0 Å². The van der Waals surface area contributed by atoms with E-state index in [4.69, 9.17) is 0 Å². The molecule has 0 aromatic heterocycles. The van der Waals surface area contributed by atoms with Crippen molar-refractivity contribution in [3.8, 4) is 0 Å². The van der Waals surface area contributed by atoms with Gasteiger partial charge in [0.15, 0.2) is 11.6 Å². The van der Waals surface area contributed by atoms with E-state index in [0.29, 0.717) is 5.92 Å². The summed E-state index contributed by atoms with van der Waals surface area (Å²) in [5.74, 6) is 0.877. The summed E-state index contributed by atoms with van der Waals surface area (Å²) in [4.78, 5) is 0. The van der Waals surface area contributed by atoms with Gasteiger partial charge in [-0.25, -0.2) is 8.78 Å². The fourth-order valence-electron chi connectivity index (χ4n) is 5.32. The number of rotatable bonds is 6. The van der Waals surface area contributed by atoms with Crippen molar-refractivity contribution in [1.82, 2.24) is 0 Å². The molecule has 0 unspecified atom stereocenters. The molecule has 1 aromatic carbocycles. The summed E-state index contributed by atoms with van der Waals surface area (Å²) in [6.07, 6.45) is 12.1. The maximum Gasteiger partial charge on any atom is 0.159 e. The lowest BCUT2D eigenvalue weighted by atomic mass is 9.72. The summed E-state index contributed by atoms with van der Waals surface area (Å²) < 4.78 is 26.6. The molecule has 1 heterocycles. The van der Waals surface area contributed by atoms with Crippen molar-refractivity contribution in [2.24, 2.45) is 11.8 Å². The number of benzene rings is 1. The lowest BCUT2D eigenvalue weighted by Crippen LogP contribution is -2.28. The van der Waals surface area contributed by atoms with E-state index in [1.165, 1.54) is 57.1 Å². The standard InChI is InChI=1S/C22H34F2Si/c1-2-3-4-13-25-14-11-19(12-15-25)17-5-7-18(8-6-17)20-9-10-21(23)22(24)16-20/h9-10,16-19,25H,2-8,11-15H2,1H3/t17-,18-,19-,25+. The normalized spacial score (nSPS) is 30.4. The first-order valence-electron chi connectivity index (χ1n) is 10.6. The van der Waals surface area contributed by atoms with Crippen molar-refractivity contribution in [3.05, 3.63) is 35.4 Å². The smallest absolute Gasteiger partial charge is 0.159 e. The van der Waals surface area contributed by atoms with Crippen LogP contribution in [0.2, 0.25) is 18.1 Å². The van der Waals surface area contributed by atoms with Gasteiger partial charge in [0, 0.05) is 8.80 Å². The Hall–Kier alpha value is -0.703. The second-order valence-corrected chi connectivity index (χ2v) is 12.0. The zero-order chi connectivity index (χ0) is 17.6. The summed E-state index contributed by atoms with van der Waals surface area (Å²) >= 11 is 0. The molecule has 0 N–H and O–H groups in total. The Labute approximate surface area is 154 Å². The van der Waals surface area contributed by atoms with E-state index >= 15 is 0 Å². The zero-order valence-electron chi connectivity index (χ0n) is 15.8. The second kappa shape index (κ2) is 9.30. The van der Waals surface area contributed by atoms with Gasteiger partial charge in [0.05, 0.1) is 0 Å². The third-order valence-electron chi connectivity index (χ3n) is 6.96. The van der Waals surface area contributed by atoms with Crippen LogP contribution >= 0.6 is 0 Å². The Balaban J connectivity index is 1.43. The van der Waals surface area contributed by atoms with Crippen LogP contribution in [0.15, 0.2) is 18.2 Å². The van der Waals surface area contributed by atoms with E-state index in [9.17, 15) is 8.78 Å². The minimum absolute atomic E-state index is 0.400. The molecule has 0 amide bonds. The van der Waals surface area contributed by atoms with Gasteiger partial charge in [-0.3, -0.25) is 0 Å². The molecule has 3 rings (SSSR count). The molecule has 3 heteroatoms. The van der Waals surface area contributed by atoms with Crippen LogP contribution in [0.4, 0.5) is 8.78 Å². The van der Waals surface area contributed by atoms with Gasteiger partial charge in [-0.15, -0.1) is 0 Å². The SMILES string of the molecule is CCCCC[Si@H]1CC[C@@H]([C@H]2CC[C@H](c3ccc(F)c(F)c3)CC2)CC1. The van der Waals surface area contributed by atoms with Crippen LogP contribution in [0, 0.1) is 23.5 Å². The molecule has 1 aliphatic heterocycles. The first-order chi connectivity index (χ1) is 12.2. The number of hydrogen-bond acceptors (Lipinski definition) is 0. The number of halogens is 2. The molecule has 1 saturated heterocycles. The van der Waals surface area contributed by atoms with Crippen LogP contribution in [0.5, 0.6) is 0 Å². The highest BCUT2D eigenvalue weighted by Crippen LogP contribution is 2.43. The van der Waals surface area contributed by atoms with E-state index in [-0.39, 0.29) is 0 Å². The van der Waals surface area contributed by atoms with Gasteiger partial charge in [0.25, 0.3) is 0 Å². The molecule has 2 aliphatic rings. The van der Waals surface area contributed by atoms with Crippen LogP contribution < -0.4 is 0 Å². The molecular formula is C22H34F2Si. The van der Waals surface area contributed by atoms with E-state index < -0.39 is 20.4 Å². The van der Waals surface area contributed by atoms with Crippen molar-refractivity contribution >= 4 is 8.80 Å². The lowest BCUT2D eigenvalue weighted by molar-refractivity contribution is 0.216. The molecule has 140 valence electrons. The highest BCUT2D eigenvalue weighted by molar-refractivity contribution is 6.58.